The van der Waals surface area contributed by atoms with Gasteiger partial charge in [-0.1, -0.05) is 12.1 Å². The number of halogens is 2. The van der Waals surface area contributed by atoms with Gasteiger partial charge in [-0.15, -0.1) is 24.8 Å². The Labute approximate surface area is 172 Å². The summed E-state index contributed by atoms with van der Waals surface area (Å²) in [7, 11) is 0. The summed E-state index contributed by atoms with van der Waals surface area (Å²) in [6.45, 7) is 7.06. The number of nitrogens with one attached hydrogen (secondary N) is 1. The van der Waals surface area contributed by atoms with Gasteiger partial charge < -0.3 is 15.8 Å². The average Bonchev–Trinajstić information content (AvgIpc) is 2.94. The van der Waals surface area contributed by atoms with Gasteiger partial charge in [0.25, 0.3) is 0 Å². The zero-order valence-electron chi connectivity index (χ0n) is 15.9. The summed E-state index contributed by atoms with van der Waals surface area (Å²) in [6.07, 6.45) is 1.12. The summed E-state index contributed by atoms with van der Waals surface area (Å²) in [6, 6.07) is 10.0. The maximum Gasteiger partial charge on any atom is 0.240 e. The maximum atomic E-state index is 12.5. The highest BCUT2D eigenvalue weighted by Crippen LogP contribution is 2.21. The molecule has 1 amide bonds. The Morgan fingerprint density at radius 3 is 2.33 bits per heavy atom. The van der Waals surface area contributed by atoms with Gasteiger partial charge in [-0.25, -0.2) is 4.68 Å². The highest BCUT2D eigenvalue weighted by Gasteiger charge is 2.36. The molecule has 1 aliphatic rings. The molecule has 1 aromatic heterocycles. The van der Waals surface area contributed by atoms with Crippen LogP contribution in [-0.2, 0) is 9.53 Å². The van der Waals surface area contributed by atoms with E-state index in [1.165, 1.54) is 0 Å². The number of ether oxygens (including phenoxy) is 1. The number of hydrogen-bond donors (Lipinski definition) is 2. The first-order valence-corrected chi connectivity index (χ1v) is 8.70. The third-order valence-corrected chi connectivity index (χ3v) is 4.83. The summed E-state index contributed by atoms with van der Waals surface area (Å²) in [5.74, 6) is -0.106. The van der Waals surface area contributed by atoms with Crippen LogP contribution in [0.15, 0.2) is 30.3 Å². The van der Waals surface area contributed by atoms with E-state index in [4.69, 9.17) is 10.5 Å². The van der Waals surface area contributed by atoms with E-state index in [2.05, 4.69) is 10.4 Å². The van der Waals surface area contributed by atoms with E-state index >= 15 is 0 Å². The standard InChI is InChI=1S/C19H26N4O2.2ClH/c1-13-12-14(2)23(22-13)17-6-4-16(5-7-17)15(3)21-18(24)19(20)8-10-25-11-9-19;;/h4-7,12,15H,8-11,20H2,1-3H3,(H,21,24);2*1H. The number of rotatable bonds is 4. The Balaban J connectivity index is 0.00000182. The summed E-state index contributed by atoms with van der Waals surface area (Å²) in [5.41, 5.74) is 9.55. The number of nitrogens with two attached hydrogens (primary N) is 1. The first kappa shape index (κ1) is 23.4. The highest BCUT2D eigenvalue weighted by atomic mass is 35.5. The van der Waals surface area contributed by atoms with Crippen LogP contribution in [0.25, 0.3) is 5.69 Å². The lowest BCUT2D eigenvalue weighted by Gasteiger charge is -2.33. The predicted octanol–water partition coefficient (Wildman–Crippen LogP) is 3.02. The van der Waals surface area contributed by atoms with Gasteiger partial charge >= 0.3 is 0 Å². The van der Waals surface area contributed by atoms with Gasteiger partial charge in [-0.05, 0) is 57.4 Å². The molecule has 1 aromatic carbocycles. The van der Waals surface area contributed by atoms with Gasteiger partial charge in [0.15, 0.2) is 0 Å². The van der Waals surface area contributed by atoms with Crippen molar-refractivity contribution in [3.05, 3.63) is 47.3 Å². The molecule has 0 bridgehead atoms. The van der Waals surface area contributed by atoms with Crippen LogP contribution in [0.5, 0.6) is 0 Å². The summed E-state index contributed by atoms with van der Waals surface area (Å²) in [5, 5.41) is 7.53. The number of aromatic nitrogens is 2. The molecule has 3 rings (SSSR count). The van der Waals surface area contributed by atoms with Crippen molar-refractivity contribution in [1.29, 1.82) is 0 Å². The number of carbonyl (C=O) groups excluding carboxylic acids is 1. The minimum Gasteiger partial charge on any atom is -0.381 e. The van der Waals surface area contributed by atoms with Gasteiger partial charge in [0, 0.05) is 18.9 Å². The van der Waals surface area contributed by atoms with Crippen molar-refractivity contribution in [1.82, 2.24) is 15.1 Å². The number of benzene rings is 1. The second-order valence-corrected chi connectivity index (χ2v) is 6.89. The SMILES string of the molecule is Cc1cc(C)n(-c2ccc(C(C)NC(=O)C3(N)CCOCC3)cc2)n1.Cl.Cl. The molecule has 1 aliphatic heterocycles. The van der Waals surface area contributed by atoms with E-state index in [0.29, 0.717) is 26.1 Å². The molecule has 6 nitrogen and oxygen atoms in total. The minimum atomic E-state index is -0.823. The first-order valence-electron chi connectivity index (χ1n) is 8.70. The van der Waals surface area contributed by atoms with E-state index in [1.807, 2.05) is 55.8 Å². The summed E-state index contributed by atoms with van der Waals surface area (Å²) < 4.78 is 7.22. The first-order chi connectivity index (χ1) is 11.9. The molecule has 1 unspecified atom stereocenters. The fourth-order valence-electron chi connectivity index (χ4n) is 3.18. The molecule has 1 saturated heterocycles. The second kappa shape index (κ2) is 9.55. The largest absolute Gasteiger partial charge is 0.381 e. The topological polar surface area (TPSA) is 82.2 Å². The minimum absolute atomic E-state index is 0. The average molecular weight is 415 g/mol. The summed E-state index contributed by atoms with van der Waals surface area (Å²) in [4.78, 5) is 12.5. The Kier molecular flexibility index (Phi) is 8.29. The Morgan fingerprint density at radius 1 is 1.22 bits per heavy atom. The molecular formula is C19H28Cl2N4O2. The molecule has 27 heavy (non-hydrogen) atoms. The van der Waals surface area contributed by atoms with E-state index < -0.39 is 5.54 Å². The van der Waals surface area contributed by atoms with Crippen LogP contribution in [0.1, 0.15) is 42.8 Å². The van der Waals surface area contributed by atoms with Crippen LogP contribution in [0.2, 0.25) is 0 Å². The zero-order chi connectivity index (χ0) is 18.0. The van der Waals surface area contributed by atoms with Crippen molar-refractivity contribution in [3.8, 4) is 5.69 Å². The number of nitrogens with zero attached hydrogens (tertiary/aromatic N) is 2. The number of carbonyl (C=O) groups is 1. The molecule has 1 atom stereocenters. The van der Waals surface area contributed by atoms with Crippen LogP contribution in [0.3, 0.4) is 0 Å². The van der Waals surface area contributed by atoms with E-state index in [9.17, 15) is 4.79 Å². The lowest BCUT2D eigenvalue weighted by molar-refractivity contribution is -0.130. The third kappa shape index (κ3) is 5.23. The second-order valence-electron chi connectivity index (χ2n) is 6.89. The maximum absolute atomic E-state index is 12.5. The van der Waals surface area contributed by atoms with Gasteiger partial charge in [-0.2, -0.15) is 5.10 Å². The van der Waals surface area contributed by atoms with Gasteiger partial charge in [0.1, 0.15) is 0 Å². The van der Waals surface area contributed by atoms with Crippen molar-refractivity contribution in [2.75, 3.05) is 13.2 Å². The Bertz CT molecular complexity index is 756. The molecule has 3 N–H and O–H groups in total. The van der Waals surface area contributed by atoms with Crippen molar-refractivity contribution in [2.45, 2.75) is 45.2 Å². The highest BCUT2D eigenvalue weighted by molar-refractivity contribution is 5.86. The molecule has 1 fully saturated rings. The smallest absolute Gasteiger partial charge is 0.240 e. The molecule has 2 aromatic rings. The molecule has 2 heterocycles. The molecular weight excluding hydrogens is 387 g/mol. The number of aryl methyl sites for hydroxylation is 2. The Hall–Kier alpha value is -1.60. The third-order valence-electron chi connectivity index (χ3n) is 4.83. The van der Waals surface area contributed by atoms with E-state index in [1.54, 1.807) is 0 Å². The molecule has 0 saturated carbocycles. The van der Waals surface area contributed by atoms with Crippen molar-refractivity contribution in [2.24, 2.45) is 5.73 Å². The number of hydrogen-bond acceptors (Lipinski definition) is 4. The fourth-order valence-corrected chi connectivity index (χ4v) is 3.18. The summed E-state index contributed by atoms with van der Waals surface area (Å²) >= 11 is 0. The van der Waals surface area contributed by atoms with Crippen LogP contribution in [0, 0.1) is 13.8 Å². The predicted molar refractivity (Wildman–Crippen MR) is 111 cm³/mol. The lowest BCUT2D eigenvalue weighted by atomic mass is 9.90. The van der Waals surface area contributed by atoms with Crippen LogP contribution < -0.4 is 11.1 Å². The van der Waals surface area contributed by atoms with Gasteiger partial charge in [-0.3, -0.25) is 4.79 Å². The Morgan fingerprint density at radius 2 is 1.81 bits per heavy atom. The lowest BCUT2D eigenvalue weighted by Crippen LogP contribution is -2.57. The van der Waals surface area contributed by atoms with E-state index in [-0.39, 0.29) is 36.8 Å². The van der Waals surface area contributed by atoms with Crippen LogP contribution in [0.4, 0.5) is 0 Å². The van der Waals surface area contributed by atoms with Gasteiger partial charge in [0.05, 0.1) is 23.0 Å². The molecule has 0 aliphatic carbocycles. The van der Waals surface area contributed by atoms with Crippen LogP contribution >= 0.6 is 24.8 Å². The van der Waals surface area contributed by atoms with Crippen LogP contribution in [-0.4, -0.2) is 34.4 Å². The van der Waals surface area contributed by atoms with Crippen molar-refractivity contribution in [3.63, 3.8) is 0 Å². The molecule has 150 valence electrons. The molecule has 0 spiro atoms. The molecule has 0 radical (unpaired) electrons. The fraction of sp³-hybridized carbons (Fsp3) is 0.474. The number of amides is 1. The van der Waals surface area contributed by atoms with Crippen molar-refractivity contribution < 1.29 is 9.53 Å². The van der Waals surface area contributed by atoms with Gasteiger partial charge in [0.2, 0.25) is 5.91 Å². The monoisotopic (exact) mass is 414 g/mol. The molecule has 8 heteroatoms. The normalized spacial score (nSPS) is 16.6. The van der Waals surface area contributed by atoms with E-state index in [0.717, 1.165) is 22.6 Å². The quantitative estimate of drug-likeness (QED) is 0.805. The van der Waals surface area contributed by atoms with Crippen molar-refractivity contribution >= 4 is 30.7 Å². The zero-order valence-corrected chi connectivity index (χ0v) is 17.5.